The maximum absolute atomic E-state index is 12.9. The van der Waals surface area contributed by atoms with Crippen LogP contribution in [-0.4, -0.2) is 0 Å². The zero-order valence-electron chi connectivity index (χ0n) is 10.1. The summed E-state index contributed by atoms with van der Waals surface area (Å²) in [6.07, 6.45) is -4.52. The summed E-state index contributed by atoms with van der Waals surface area (Å²) in [7, 11) is 0. The zero-order chi connectivity index (χ0) is 14.2. The predicted octanol–water partition coefficient (Wildman–Crippen LogP) is 4.92. The molecule has 0 saturated carbocycles. The summed E-state index contributed by atoms with van der Waals surface area (Å²) in [6, 6.07) is 9.64. The Labute approximate surface area is 113 Å². The van der Waals surface area contributed by atoms with E-state index in [0.717, 1.165) is 11.6 Å². The number of benzene rings is 2. The lowest BCUT2D eigenvalue weighted by Crippen LogP contribution is -2.09. The van der Waals surface area contributed by atoms with Gasteiger partial charge in [0, 0.05) is 0 Å². The number of anilines is 1. The molecular formula is C14H11ClF3N. The largest absolute Gasteiger partial charge is 0.418 e. The Balaban J connectivity index is 2.68. The van der Waals surface area contributed by atoms with Gasteiger partial charge in [-0.15, -0.1) is 0 Å². The molecule has 5 heteroatoms. The van der Waals surface area contributed by atoms with E-state index in [1.165, 1.54) is 6.07 Å². The van der Waals surface area contributed by atoms with Crippen LogP contribution in [0, 0.1) is 6.92 Å². The molecule has 0 amide bonds. The minimum Gasteiger partial charge on any atom is -0.397 e. The first-order valence-electron chi connectivity index (χ1n) is 5.53. The smallest absolute Gasteiger partial charge is 0.397 e. The van der Waals surface area contributed by atoms with Gasteiger partial charge in [-0.05, 0) is 35.7 Å². The third kappa shape index (κ3) is 2.68. The molecule has 0 fully saturated rings. The molecule has 0 atom stereocenters. The molecule has 2 N–H and O–H groups in total. The van der Waals surface area contributed by atoms with E-state index in [4.69, 9.17) is 17.3 Å². The van der Waals surface area contributed by atoms with Gasteiger partial charge in [-0.25, -0.2) is 0 Å². The molecule has 2 aromatic rings. The maximum Gasteiger partial charge on any atom is 0.418 e. The molecule has 0 heterocycles. The number of hydrogen-bond acceptors (Lipinski definition) is 1. The molecule has 0 aliphatic rings. The second-order valence-electron chi connectivity index (χ2n) is 4.23. The molecule has 0 aliphatic carbocycles. The summed E-state index contributed by atoms with van der Waals surface area (Å²) in [4.78, 5) is 0. The van der Waals surface area contributed by atoms with Crippen molar-refractivity contribution in [1.29, 1.82) is 0 Å². The average molecular weight is 286 g/mol. The number of aryl methyl sites for hydroxylation is 1. The first kappa shape index (κ1) is 13.7. The van der Waals surface area contributed by atoms with Gasteiger partial charge in [-0.3, -0.25) is 0 Å². The fourth-order valence-corrected chi connectivity index (χ4v) is 2.12. The van der Waals surface area contributed by atoms with Crippen molar-refractivity contribution < 1.29 is 13.2 Å². The Morgan fingerprint density at radius 1 is 1.11 bits per heavy atom. The zero-order valence-corrected chi connectivity index (χ0v) is 10.8. The highest BCUT2D eigenvalue weighted by Gasteiger charge is 2.34. The van der Waals surface area contributed by atoms with E-state index in [1.807, 2.05) is 19.1 Å². The number of halogens is 4. The average Bonchev–Trinajstić information content (AvgIpc) is 2.31. The minimum atomic E-state index is -4.52. The topological polar surface area (TPSA) is 26.0 Å². The van der Waals surface area contributed by atoms with Crippen LogP contribution >= 0.6 is 11.6 Å². The lowest BCUT2D eigenvalue weighted by molar-refractivity contribution is -0.136. The summed E-state index contributed by atoms with van der Waals surface area (Å²) in [5.41, 5.74) is 6.04. The molecular weight excluding hydrogens is 275 g/mol. The van der Waals surface area contributed by atoms with Crippen LogP contribution in [0.15, 0.2) is 36.4 Å². The Bertz CT molecular complexity index is 621. The van der Waals surface area contributed by atoms with Crippen LogP contribution in [0.25, 0.3) is 11.1 Å². The van der Waals surface area contributed by atoms with Crippen LogP contribution in [0.5, 0.6) is 0 Å². The Hall–Kier alpha value is -1.68. The molecule has 2 rings (SSSR count). The van der Waals surface area contributed by atoms with E-state index in [0.29, 0.717) is 11.1 Å². The van der Waals surface area contributed by atoms with Gasteiger partial charge in [0.1, 0.15) is 0 Å². The van der Waals surface area contributed by atoms with Crippen LogP contribution in [0.1, 0.15) is 11.1 Å². The Morgan fingerprint density at radius 3 is 2.32 bits per heavy atom. The Morgan fingerprint density at radius 2 is 1.74 bits per heavy atom. The van der Waals surface area contributed by atoms with Crippen molar-refractivity contribution in [3.05, 3.63) is 52.5 Å². The van der Waals surface area contributed by atoms with Crippen LogP contribution in [-0.2, 0) is 6.18 Å². The number of hydrogen-bond donors (Lipinski definition) is 1. The second kappa shape index (κ2) is 4.78. The quantitative estimate of drug-likeness (QED) is 0.740. The monoisotopic (exact) mass is 285 g/mol. The van der Waals surface area contributed by atoms with E-state index in [1.54, 1.807) is 12.1 Å². The number of rotatable bonds is 1. The van der Waals surface area contributed by atoms with E-state index in [2.05, 4.69) is 0 Å². The van der Waals surface area contributed by atoms with Gasteiger partial charge in [0.25, 0.3) is 0 Å². The third-order valence-electron chi connectivity index (χ3n) is 2.89. The predicted molar refractivity (Wildman–Crippen MR) is 71.0 cm³/mol. The molecule has 0 aliphatic heterocycles. The van der Waals surface area contributed by atoms with Gasteiger partial charge in [-0.1, -0.05) is 35.9 Å². The van der Waals surface area contributed by atoms with Crippen molar-refractivity contribution in [3.8, 4) is 11.1 Å². The fraction of sp³-hybridized carbons (Fsp3) is 0.143. The summed E-state index contributed by atoms with van der Waals surface area (Å²) in [6.45, 7) is 1.83. The molecule has 0 radical (unpaired) electrons. The molecule has 0 unspecified atom stereocenters. The van der Waals surface area contributed by atoms with E-state index in [9.17, 15) is 13.2 Å². The van der Waals surface area contributed by atoms with Gasteiger partial charge in [0.15, 0.2) is 0 Å². The summed E-state index contributed by atoms with van der Waals surface area (Å²) >= 11 is 5.80. The van der Waals surface area contributed by atoms with E-state index in [-0.39, 0.29) is 5.02 Å². The van der Waals surface area contributed by atoms with Crippen molar-refractivity contribution in [1.82, 2.24) is 0 Å². The molecule has 2 aromatic carbocycles. The molecule has 0 aromatic heterocycles. The van der Waals surface area contributed by atoms with Gasteiger partial charge in [0.2, 0.25) is 0 Å². The minimum absolute atomic E-state index is 0.0897. The molecule has 100 valence electrons. The fourth-order valence-electron chi connectivity index (χ4n) is 1.90. The Kier molecular flexibility index (Phi) is 3.45. The third-order valence-corrected chi connectivity index (χ3v) is 3.20. The van der Waals surface area contributed by atoms with Crippen molar-refractivity contribution in [3.63, 3.8) is 0 Å². The van der Waals surface area contributed by atoms with Crippen molar-refractivity contribution in [2.45, 2.75) is 13.1 Å². The van der Waals surface area contributed by atoms with Crippen LogP contribution in [0.3, 0.4) is 0 Å². The van der Waals surface area contributed by atoms with Gasteiger partial charge < -0.3 is 5.73 Å². The van der Waals surface area contributed by atoms with Crippen molar-refractivity contribution in [2.24, 2.45) is 0 Å². The van der Waals surface area contributed by atoms with Crippen molar-refractivity contribution in [2.75, 3.05) is 5.73 Å². The summed E-state index contributed by atoms with van der Waals surface area (Å²) in [5.74, 6) is 0. The highest BCUT2D eigenvalue weighted by atomic mass is 35.5. The lowest BCUT2D eigenvalue weighted by atomic mass is 9.98. The van der Waals surface area contributed by atoms with Crippen LogP contribution < -0.4 is 5.73 Å². The maximum atomic E-state index is 12.9. The SMILES string of the molecule is Cc1ccccc1-c1cc(Cl)c(N)c(C(F)(F)F)c1. The second-order valence-corrected chi connectivity index (χ2v) is 4.64. The highest BCUT2D eigenvalue weighted by Crippen LogP contribution is 2.40. The molecule has 19 heavy (non-hydrogen) atoms. The molecule has 0 bridgehead atoms. The number of alkyl halides is 3. The van der Waals surface area contributed by atoms with Gasteiger partial charge in [-0.2, -0.15) is 13.2 Å². The van der Waals surface area contributed by atoms with E-state index >= 15 is 0 Å². The van der Waals surface area contributed by atoms with Crippen LogP contribution in [0.2, 0.25) is 5.02 Å². The molecule has 0 saturated heterocycles. The highest BCUT2D eigenvalue weighted by molar-refractivity contribution is 6.33. The first-order valence-corrected chi connectivity index (χ1v) is 5.90. The normalized spacial score (nSPS) is 11.6. The summed E-state index contributed by atoms with van der Waals surface area (Å²) in [5, 5.41) is -0.0897. The first-order chi connectivity index (χ1) is 8.80. The lowest BCUT2D eigenvalue weighted by Gasteiger charge is -2.14. The van der Waals surface area contributed by atoms with E-state index < -0.39 is 17.4 Å². The summed E-state index contributed by atoms with van der Waals surface area (Å²) < 4.78 is 38.7. The van der Waals surface area contributed by atoms with Gasteiger partial charge >= 0.3 is 6.18 Å². The standard InChI is InChI=1S/C14H11ClF3N/c1-8-4-2-3-5-10(8)9-6-11(14(16,17)18)13(19)12(15)7-9/h2-7H,19H2,1H3. The number of nitrogen functional groups attached to an aromatic ring is 1. The van der Waals surface area contributed by atoms with Crippen LogP contribution in [0.4, 0.5) is 18.9 Å². The molecule has 0 spiro atoms. The molecule has 1 nitrogen and oxygen atoms in total. The number of nitrogens with two attached hydrogens (primary N) is 1. The van der Waals surface area contributed by atoms with Crippen molar-refractivity contribution >= 4 is 17.3 Å². The van der Waals surface area contributed by atoms with Gasteiger partial charge in [0.05, 0.1) is 16.3 Å².